The Labute approximate surface area is 203 Å². The van der Waals surface area contributed by atoms with Crippen molar-refractivity contribution in [2.75, 3.05) is 5.75 Å². The van der Waals surface area contributed by atoms with Crippen molar-refractivity contribution < 1.29 is 9.21 Å². The van der Waals surface area contributed by atoms with Crippen molar-refractivity contribution in [2.45, 2.75) is 5.16 Å². The second-order valence-corrected chi connectivity index (χ2v) is 8.97. The highest BCUT2D eigenvalue weighted by atomic mass is 35.5. The smallest absolute Gasteiger partial charge is 0.242 e. The number of carbonyl (C=O) groups excluding carboxylic acids is 1. The molecule has 0 aliphatic heterocycles. The topological polar surface area (TPSA) is 65.8 Å². The molecule has 34 heavy (non-hydrogen) atoms. The molecule has 6 nitrogen and oxygen atoms in total. The van der Waals surface area contributed by atoms with Crippen molar-refractivity contribution in [3.8, 4) is 17.3 Å². The van der Waals surface area contributed by atoms with E-state index in [9.17, 15) is 4.79 Å². The predicted molar refractivity (Wildman–Crippen MR) is 135 cm³/mol. The largest absolute Gasteiger partial charge is 0.461 e. The summed E-state index contributed by atoms with van der Waals surface area (Å²) >= 11 is 7.82. The van der Waals surface area contributed by atoms with Gasteiger partial charge in [0.25, 0.3) is 0 Å². The van der Waals surface area contributed by atoms with E-state index in [1.807, 2.05) is 77.4 Å². The van der Waals surface area contributed by atoms with E-state index >= 15 is 0 Å². The molecule has 166 valence electrons. The van der Waals surface area contributed by atoms with Crippen molar-refractivity contribution in [1.29, 1.82) is 0 Å². The van der Waals surface area contributed by atoms with Gasteiger partial charge >= 0.3 is 0 Å². The first-order valence-electron chi connectivity index (χ1n) is 10.6. The van der Waals surface area contributed by atoms with Gasteiger partial charge in [0.05, 0.1) is 33.8 Å². The highest BCUT2D eigenvalue weighted by molar-refractivity contribution is 7.99. The molecule has 0 bridgehead atoms. The Kier molecular flexibility index (Phi) is 5.20. The maximum atomic E-state index is 13.5. The maximum absolute atomic E-state index is 13.5. The summed E-state index contributed by atoms with van der Waals surface area (Å²) in [6.07, 6.45) is 1.58. The van der Waals surface area contributed by atoms with E-state index in [2.05, 4.69) is 10.2 Å². The van der Waals surface area contributed by atoms with Gasteiger partial charge in [-0.05, 0) is 36.4 Å². The number of furan rings is 1. The maximum Gasteiger partial charge on any atom is 0.242 e. The lowest BCUT2D eigenvalue weighted by Crippen LogP contribution is -2.13. The summed E-state index contributed by atoms with van der Waals surface area (Å²) < 4.78 is 9.17. The molecule has 0 aliphatic rings. The van der Waals surface area contributed by atoms with Gasteiger partial charge in [0, 0.05) is 10.8 Å². The zero-order valence-electron chi connectivity index (χ0n) is 17.8. The lowest BCUT2D eigenvalue weighted by atomic mass is 10.2. The molecule has 0 N–H and O–H groups in total. The van der Waals surface area contributed by atoms with Gasteiger partial charge in [-0.15, -0.1) is 10.2 Å². The molecule has 3 aromatic carbocycles. The van der Waals surface area contributed by atoms with Gasteiger partial charge in [0.2, 0.25) is 11.7 Å². The molecule has 6 rings (SSSR count). The fourth-order valence-corrected chi connectivity index (χ4v) is 5.18. The highest BCUT2D eigenvalue weighted by Gasteiger charge is 2.22. The van der Waals surface area contributed by atoms with Crippen LogP contribution in [0.4, 0.5) is 0 Å². The monoisotopic (exact) mass is 484 g/mol. The summed E-state index contributed by atoms with van der Waals surface area (Å²) in [6, 6.07) is 26.9. The second-order valence-electron chi connectivity index (χ2n) is 7.62. The Bertz CT molecular complexity index is 1600. The zero-order valence-corrected chi connectivity index (χ0v) is 19.3. The SMILES string of the molecule is O=C(CSc1nnc(-c2ccco2)n1-c1ccccc1Cl)n1c2ccccc2c2ccccc21. The lowest BCUT2D eigenvalue weighted by molar-refractivity contribution is 0.0951. The molecule has 3 aromatic heterocycles. The second kappa shape index (κ2) is 8.52. The Morgan fingerprint density at radius 3 is 2.21 bits per heavy atom. The van der Waals surface area contributed by atoms with Crippen LogP contribution in [0.5, 0.6) is 0 Å². The first-order chi connectivity index (χ1) is 16.7. The molecule has 3 heterocycles. The summed E-state index contributed by atoms with van der Waals surface area (Å²) in [5, 5.41) is 11.9. The molecule has 0 radical (unpaired) electrons. The minimum Gasteiger partial charge on any atom is -0.461 e. The molecule has 0 fully saturated rings. The number of thioether (sulfide) groups is 1. The molecule has 0 unspecified atom stereocenters. The van der Waals surface area contributed by atoms with Crippen LogP contribution in [-0.4, -0.2) is 31.0 Å². The summed E-state index contributed by atoms with van der Waals surface area (Å²) in [7, 11) is 0. The first-order valence-corrected chi connectivity index (χ1v) is 12.0. The fraction of sp³-hybridized carbons (Fsp3) is 0.0385. The number of hydrogen-bond acceptors (Lipinski definition) is 5. The van der Waals surface area contributed by atoms with E-state index in [1.165, 1.54) is 11.8 Å². The van der Waals surface area contributed by atoms with Crippen LogP contribution in [0.15, 0.2) is 101 Å². The number of fused-ring (bicyclic) bond motifs is 3. The molecule has 0 spiro atoms. The van der Waals surface area contributed by atoms with Crippen molar-refractivity contribution >= 4 is 51.1 Å². The van der Waals surface area contributed by atoms with Crippen molar-refractivity contribution in [3.05, 3.63) is 96.2 Å². The van der Waals surface area contributed by atoms with Crippen LogP contribution < -0.4 is 0 Å². The standard InChI is InChI=1S/C26H17ClN4O2S/c27-19-10-3-6-13-22(19)31-25(23-14-7-15-33-23)28-29-26(31)34-16-24(32)30-20-11-4-1-8-17(20)18-9-2-5-12-21(18)30/h1-15H,16H2. The van der Waals surface area contributed by atoms with E-state index in [0.29, 0.717) is 27.5 Å². The van der Waals surface area contributed by atoms with Gasteiger partial charge in [-0.2, -0.15) is 0 Å². The predicted octanol–water partition coefficient (Wildman–Crippen LogP) is 6.72. The Balaban J connectivity index is 1.40. The Hall–Kier alpha value is -3.81. The van der Waals surface area contributed by atoms with Crippen LogP contribution in [-0.2, 0) is 0 Å². The Morgan fingerprint density at radius 2 is 1.53 bits per heavy atom. The molecular weight excluding hydrogens is 468 g/mol. The summed E-state index contributed by atoms with van der Waals surface area (Å²) in [5.74, 6) is 1.21. The third-order valence-corrected chi connectivity index (χ3v) is 6.86. The normalized spacial score (nSPS) is 11.4. The average molecular weight is 485 g/mol. The molecule has 0 aliphatic carbocycles. The molecule has 0 amide bonds. The number of nitrogens with zero attached hydrogens (tertiary/aromatic N) is 4. The quantitative estimate of drug-likeness (QED) is 0.254. The number of benzene rings is 3. The summed E-state index contributed by atoms with van der Waals surface area (Å²) in [6.45, 7) is 0. The van der Waals surface area contributed by atoms with Crippen LogP contribution in [0, 0.1) is 0 Å². The average Bonchev–Trinajstić information content (AvgIpc) is 3.60. The van der Waals surface area contributed by atoms with Crippen LogP contribution >= 0.6 is 23.4 Å². The third kappa shape index (κ3) is 3.41. The summed E-state index contributed by atoms with van der Waals surface area (Å²) in [5.41, 5.74) is 2.49. The van der Waals surface area contributed by atoms with Gasteiger partial charge in [-0.1, -0.05) is 71.9 Å². The third-order valence-electron chi connectivity index (χ3n) is 5.62. The minimum absolute atomic E-state index is 0.0457. The number of carbonyl (C=O) groups is 1. The molecular formula is C26H17ClN4O2S. The van der Waals surface area contributed by atoms with Crippen LogP contribution in [0.3, 0.4) is 0 Å². The number of halogens is 1. The summed E-state index contributed by atoms with van der Waals surface area (Å²) in [4.78, 5) is 13.5. The van der Waals surface area contributed by atoms with Gasteiger partial charge in [0.1, 0.15) is 0 Å². The van der Waals surface area contributed by atoms with Gasteiger partial charge in [-0.25, -0.2) is 0 Å². The van der Waals surface area contributed by atoms with Crippen molar-refractivity contribution in [1.82, 2.24) is 19.3 Å². The Morgan fingerprint density at radius 1 is 0.853 bits per heavy atom. The number of para-hydroxylation sites is 3. The molecule has 0 atom stereocenters. The first kappa shape index (κ1) is 20.8. The zero-order chi connectivity index (χ0) is 23.1. The molecule has 0 saturated heterocycles. The van der Waals surface area contributed by atoms with E-state index in [-0.39, 0.29) is 11.7 Å². The van der Waals surface area contributed by atoms with E-state index < -0.39 is 0 Å². The van der Waals surface area contributed by atoms with E-state index in [0.717, 1.165) is 21.8 Å². The van der Waals surface area contributed by atoms with Gasteiger partial charge in [0.15, 0.2) is 10.9 Å². The van der Waals surface area contributed by atoms with Crippen molar-refractivity contribution in [2.24, 2.45) is 0 Å². The highest BCUT2D eigenvalue weighted by Crippen LogP contribution is 2.33. The van der Waals surface area contributed by atoms with E-state index in [1.54, 1.807) is 23.0 Å². The number of hydrogen-bond donors (Lipinski definition) is 0. The van der Waals surface area contributed by atoms with Crippen LogP contribution in [0.2, 0.25) is 5.02 Å². The molecule has 0 saturated carbocycles. The number of aromatic nitrogens is 4. The van der Waals surface area contributed by atoms with Crippen LogP contribution in [0.25, 0.3) is 39.1 Å². The van der Waals surface area contributed by atoms with Gasteiger partial charge < -0.3 is 4.42 Å². The van der Waals surface area contributed by atoms with E-state index in [4.69, 9.17) is 16.0 Å². The fourth-order valence-electron chi connectivity index (χ4n) is 4.16. The lowest BCUT2D eigenvalue weighted by Gasteiger charge is -2.11. The molecule has 8 heteroatoms. The minimum atomic E-state index is -0.0457. The molecule has 6 aromatic rings. The van der Waals surface area contributed by atoms with Crippen LogP contribution in [0.1, 0.15) is 4.79 Å². The van der Waals surface area contributed by atoms with Crippen molar-refractivity contribution in [3.63, 3.8) is 0 Å². The van der Waals surface area contributed by atoms with Gasteiger partial charge in [-0.3, -0.25) is 13.9 Å². The number of rotatable bonds is 5.